The van der Waals surface area contributed by atoms with Crippen LogP contribution in [-0.2, 0) is 0 Å². The first-order chi connectivity index (χ1) is 8.27. The van der Waals surface area contributed by atoms with Crippen molar-refractivity contribution in [3.63, 3.8) is 0 Å². The molecule has 0 bridgehead atoms. The maximum absolute atomic E-state index is 11.7. The van der Waals surface area contributed by atoms with Gasteiger partial charge in [0.05, 0.1) is 0 Å². The number of para-hydroxylation sites is 1. The molecule has 0 atom stereocenters. The summed E-state index contributed by atoms with van der Waals surface area (Å²) in [5.74, 6) is -0.0357. The molecule has 1 heterocycles. The van der Waals surface area contributed by atoms with Crippen molar-refractivity contribution in [1.82, 2.24) is 4.98 Å². The highest BCUT2D eigenvalue weighted by molar-refractivity contribution is 6.05. The summed E-state index contributed by atoms with van der Waals surface area (Å²) in [4.78, 5) is 15.6. The molecular formula is C14H11NO2. The zero-order valence-corrected chi connectivity index (χ0v) is 9.08. The Balaban J connectivity index is 2.17. The van der Waals surface area contributed by atoms with E-state index in [9.17, 15) is 9.90 Å². The summed E-state index contributed by atoms with van der Waals surface area (Å²) in [6, 6.07) is 12.0. The van der Waals surface area contributed by atoms with Gasteiger partial charge in [0.1, 0.15) is 11.4 Å². The van der Waals surface area contributed by atoms with Crippen LogP contribution in [0.25, 0.3) is 6.08 Å². The molecule has 0 aliphatic rings. The molecule has 1 N–H and O–H groups in total. The average molecular weight is 225 g/mol. The lowest BCUT2D eigenvalue weighted by atomic mass is 10.1. The van der Waals surface area contributed by atoms with E-state index in [0.717, 1.165) is 0 Å². The highest BCUT2D eigenvalue weighted by Gasteiger charge is 2.02. The quantitative estimate of drug-likeness (QED) is 0.645. The molecule has 0 saturated heterocycles. The minimum atomic E-state index is -0.186. The molecule has 0 aliphatic carbocycles. The molecule has 0 radical (unpaired) electrons. The number of hydrogen-bond acceptors (Lipinski definition) is 3. The molecule has 0 unspecified atom stereocenters. The Morgan fingerprint density at radius 3 is 2.59 bits per heavy atom. The Morgan fingerprint density at radius 1 is 1.12 bits per heavy atom. The Bertz CT molecular complexity index is 547. The van der Waals surface area contributed by atoms with Crippen LogP contribution in [0.4, 0.5) is 0 Å². The van der Waals surface area contributed by atoms with Crippen LogP contribution in [0.15, 0.2) is 54.7 Å². The number of benzene rings is 1. The number of nitrogens with zero attached hydrogens (tertiary/aromatic N) is 1. The third-order valence-corrected chi connectivity index (χ3v) is 2.27. The van der Waals surface area contributed by atoms with E-state index in [-0.39, 0.29) is 11.5 Å². The van der Waals surface area contributed by atoms with Gasteiger partial charge in [0, 0.05) is 11.8 Å². The smallest absolute Gasteiger partial charge is 0.204 e. The van der Waals surface area contributed by atoms with Gasteiger partial charge < -0.3 is 5.11 Å². The molecule has 0 saturated carbocycles. The van der Waals surface area contributed by atoms with E-state index in [1.165, 1.54) is 6.08 Å². The third-order valence-electron chi connectivity index (χ3n) is 2.27. The number of aromatic nitrogens is 1. The Morgan fingerprint density at radius 2 is 1.88 bits per heavy atom. The fraction of sp³-hybridized carbons (Fsp3) is 0. The Labute approximate surface area is 99.1 Å². The summed E-state index contributed by atoms with van der Waals surface area (Å²) < 4.78 is 0. The molecular weight excluding hydrogens is 214 g/mol. The van der Waals surface area contributed by atoms with Crippen LogP contribution in [0.1, 0.15) is 16.1 Å². The van der Waals surface area contributed by atoms with Gasteiger partial charge in [0.25, 0.3) is 0 Å². The topological polar surface area (TPSA) is 50.2 Å². The van der Waals surface area contributed by atoms with Gasteiger partial charge >= 0.3 is 0 Å². The van der Waals surface area contributed by atoms with E-state index in [1.54, 1.807) is 54.7 Å². The van der Waals surface area contributed by atoms with Crippen molar-refractivity contribution in [1.29, 1.82) is 0 Å². The number of hydrogen-bond donors (Lipinski definition) is 1. The van der Waals surface area contributed by atoms with Gasteiger partial charge in [0.2, 0.25) is 5.78 Å². The van der Waals surface area contributed by atoms with Crippen LogP contribution in [-0.4, -0.2) is 15.9 Å². The minimum Gasteiger partial charge on any atom is -0.507 e. The molecule has 17 heavy (non-hydrogen) atoms. The summed E-state index contributed by atoms with van der Waals surface area (Å²) in [6.45, 7) is 0. The number of ketones is 1. The first-order valence-electron chi connectivity index (χ1n) is 5.19. The molecule has 2 rings (SSSR count). The molecule has 3 nitrogen and oxygen atoms in total. The monoisotopic (exact) mass is 225 g/mol. The lowest BCUT2D eigenvalue weighted by Crippen LogP contribution is -1.96. The molecule has 0 aliphatic heterocycles. The number of rotatable bonds is 3. The van der Waals surface area contributed by atoms with Crippen molar-refractivity contribution >= 4 is 11.9 Å². The van der Waals surface area contributed by atoms with E-state index < -0.39 is 0 Å². The minimum absolute atomic E-state index is 0.151. The van der Waals surface area contributed by atoms with Crippen LogP contribution in [0.3, 0.4) is 0 Å². The normalized spacial score (nSPS) is 10.6. The van der Waals surface area contributed by atoms with E-state index in [4.69, 9.17) is 0 Å². The predicted molar refractivity (Wildman–Crippen MR) is 65.7 cm³/mol. The number of allylic oxidation sites excluding steroid dienone is 1. The van der Waals surface area contributed by atoms with Crippen LogP contribution in [0.2, 0.25) is 0 Å². The van der Waals surface area contributed by atoms with E-state index in [0.29, 0.717) is 11.3 Å². The number of phenolic OH excluding ortho intramolecular Hbond substituents is 1. The second-order valence-electron chi connectivity index (χ2n) is 3.47. The number of carbonyl (C=O) groups excluding carboxylic acids is 1. The summed E-state index contributed by atoms with van der Waals surface area (Å²) in [5.41, 5.74) is 0.996. The lowest BCUT2D eigenvalue weighted by molar-refractivity contribution is 0.104. The molecule has 0 fully saturated rings. The van der Waals surface area contributed by atoms with Crippen LogP contribution >= 0.6 is 0 Å². The van der Waals surface area contributed by atoms with Crippen LogP contribution < -0.4 is 0 Å². The zero-order valence-electron chi connectivity index (χ0n) is 9.08. The zero-order chi connectivity index (χ0) is 12.1. The van der Waals surface area contributed by atoms with Crippen molar-refractivity contribution in [3.8, 4) is 5.75 Å². The Hall–Kier alpha value is -2.42. The van der Waals surface area contributed by atoms with Gasteiger partial charge in [-0.25, -0.2) is 0 Å². The summed E-state index contributed by atoms with van der Waals surface area (Å²) >= 11 is 0. The maximum atomic E-state index is 11.7. The van der Waals surface area contributed by atoms with Gasteiger partial charge in [0.15, 0.2) is 0 Å². The Kier molecular flexibility index (Phi) is 3.31. The molecule has 1 aromatic carbocycles. The van der Waals surface area contributed by atoms with Crippen molar-refractivity contribution in [2.24, 2.45) is 0 Å². The molecule has 1 aromatic heterocycles. The summed E-state index contributed by atoms with van der Waals surface area (Å²) in [6.07, 6.45) is 4.55. The molecule has 2 aromatic rings. The summed E-state index contributed by atoms with van der Waals surface area (Å²) in [5, 5.41) is 9.52. The van der Waals surface area contributed by atoms with Crippen molar-refractivity contribution in [2.45, 2.75) is 0 Å². The standard InChI is InChI=1S/C14H11NO2/c16-13-7-2-1-5-11(13)8-9-14(17)12-6-3-4-10-15-12/h1-10,16H/b9-8-. The van der Waals surface area contributed by atoms with E-state index in [2.05, 4.69) is 4.98 Å². The number of carbonyl (C=O) groups is 1. The van der Waals surface area contributed by atoms with Gasteiger partial charge in [-0.2, -0.15) is 0 Å². The average Bonchev–Trinajstić information content (AvgIpc) is 2.38. The van der Waals surface area contributed by atoms with Crippen molar-refractivity contribution in [2.75, 3.05) is 0 Å². The fourth-order valence-corrected chi connectivity index (χ4v) is 1.39. The highest BCUT2D eigenvalue weighted by atomic mass is 16.3. The van der Waals surface area contributed by atoms with Gasteiger partial charge in [-0.05, 0) is 30.4 Å². The second kappa shape index (κ2) is 5.07. The molecule has 3 heteroatoms. The third kappa shape index (κ3) is 2.78. The predicted octanol–water partition coefficient (Wildman–Crippen LogP) is 2.68. The van der Waals surface area contributed by atoms with E-state index in [1.807, 2.05) is 0 Å². The fourth-order valence-electron chi connectivity index (χ4n) is 1.39. The summed E-state index contributed by atoms with van der Waals surface area (Å²) in [7, 11) is 0. The lowest BCUT2D eigenvalue weighted by Gasteiger charge is -1.97. The van der Waals surface area contributed by atoms with E-state index >= 15 is 0 Å². The van der Waals surface area contributed by atoms with Gasteiger partial charge in [-0.15, -0.1) is 0 Å². The number of aromatic hydroxyl groups is 1. The number of phenols is 1. The van der Waals surface area contributed by atoms with Crippen molar-refractivity contribution < 1.29 is 9.90 Å². The molecule has 0 amide bonds. The SMILES string of the molecule is O=C(/C=C\c1ccccc1O)c1ccccn1. The first kappa shape index (κ1) is 11.1. The maximum Gasteiger partial charge on any atom is 0.204 e. The van der Waals surface area contributed by atoms with Gasteiger partial charge in [-0.3, -0.25) is 9.78 Å². The number of pyridine rings is 1. The largest absolute Gasteiger partial charge is 0.507 e. The van der Waals surface area contributed by atoms with Crippen LogP contribution in [0.5, 0.6) is 5.75 Å². The first-order valence-corrected chi connectivity index (χ1v) is 5.19. The molecule has 84 valence electrons. The van der Waals surface area contributed by atoms with Crippen LogP contribution in [0, 0.1) is 0 Å². The van der Waals surface area contributed by atoms with Crippen molar-refractivity contribution in [3.05, 3.63) is 66.0 Å². The second-order valence-corrected chi connectivity index (χ2v) is 3.47. The molecule has 0 spiro atoms. The van der Waals surface area contributed by atoms with Gasteiger partial charge in [-0.1, -0.05) is 24.3 Å². The highest BCUT2D eigenvalue weighted by Crippen LogP contribution is 2.17.